The van der Waals surface area contributed by atoms with E-state index in [1.807, 2.05) is 18.2 Å². The molecular formula is C13H16BN3O3. The monoisotopic (exact) mass is 273 g/mol. The Morgan fingerprint density at radius 1 is 1.50 bits per heavy atom. The summed E-state index contributed by atoms with van der Waals surface area (Å²) in [7, 11) is 0.709. The molecule has 1 heterocycles. The van der Waals surface area contributed by atoms with Gasteiger partial charge in [0, 0.05) is 0 Å². The summed E-state index contributed by atoms with van der Waals surface area (Å²) in [6, 6.07) is 6.80. The first-order valence-corrected chi connectivity index (χ1v) is 6.44. The quantitative estimate of drug-likeness (QED) is 0.738. The van der Waals surface area contributed by atoms with Crippen molar-refractivity contribution in [1.29, 1.82) is 0 Å². The number of anilines is 2. The van der Waals surface area contributed by atoms with Crippen LogP contribution in [0.4, 0.5) is 11.4 Å². The number of nitrogens with one attached hydrogen (secondary N) is 2. The third-order valence-electron chi connectivity index (χ3n) is 3.08. The molecule has 1 aliphatic rings. The Kier molecular flexibility index (Phi) is 4.63. The van der Waals surface area contributed by atoms with E-state index in [0.717, 1.165) is 5.69 Å². The second-order valence-electron chi connectivity index (χ2n) is 4.65. The Balaban J connectivity index is 2.32. The van der Waals surface area contributed by atoms with Gasteiger partial charge in [-0.1, -0.05) is 0 Å². The van der Waals surface area contributed by atoms with Crippen LogP contribution in [0.3, 0.4) is 0 Å². The van der Waals surface area contributed by atoms with Gasteiger partial charge in [-0.2, -0.15) is 0 Å². The Hall–Kier alpha value is -2.02. The number of amides is 1. The van der Waals surface area contributed by atoms with Crippen LogP contribution in [0.2, 0.25) is 0 Å². The number of rotatable bonds is 5. The number of para-hydroxylation sites is 2. The van der Waals surface area contributed by atoms with Crippen molar-refractivity contribution in [2.45, 2.75) is 13.0 Å². The molecule has 2 N–H and O–H groups in total. The number of hydrogen-bond donors (Lipinski definition) is 2. The van der Waals surface area contributed by atoms with Crippen molar-refractivity contribution in [1.82, 2.24) is 5.32 Å². The van der Waals surface area contributed by atoms with E-state index in [9.17, 15) is 14.3 Å². The average molecular weight is 273 g/mol. The van der Waals surface area contributed by atoms with E-state index in [1.54, 1.807) is 6.07 Å². The molecule has 7 heteroatoms. The zero-order valence-corrected chi connectivity index (χ0v) is 11.3. The summed E-state index contributed by atoms with van der Waals surface area (Å²) in [5.74, 6) is -0.302. The topological polar surface area (TPSA) is 78.5 Å². The van der Waals surface area contributed by atoms with Crippen molar-refractivity contribution in [2.75, 3.05) is 29.8 Å². The van der Waals surface area contributed by atoms with Crippen molar-refractivity contribution < 1.29 is 14.3 Å². The molecule has 0 spiro atoms. The molecule has 0 bridgehead atoms. The van der Waals surface area contributed by atoms with Gasteiger partial charge < -0.3 is 0 Å². The number of fused-ring (bicyclic) bond motifs is 1. The van der Waals surface area contributed by atoms with Crippen LogP contribution in [-0.4, -0.2) is 44.4 Å². The molecule has 1 aliphatic heterocycles. The van der Waals surface area contributed by atoms with Crippen molar-refractivity contribution in [3.05, 3.63) is 24.3 Å². The number of benzene rings is 1. The molecule has 0 saturated carbocycles. The molecule has 0 saturated heterocycles. The van der Waals surface area contributed by atoms with Gasteiger partial charge in [0.15, 0.2) is 0 Å². The van der Waals surface area contributed by atoms with Crippen LogP contribution in [0.15, 0.2) is 24.3 Å². The first-order valence-electron chi connectivity index (χ1n) is 6.44. The molecule has 1 aromatic carbocycles. The Morgan fingerprint density at radius 3 is 2.95 bits per heavy atom. The molecule has 1 amide bonds. The fourth-order valence-electron chi connectivity index (χ4n) is 2.20. The first kappa shape index (κ1) is 14.4. The van der Waals surface area contributed by atoms with E-state index in [2.05, 4.69) is 10.6 Å². The van der Waals surface area contributed by atoms with Gasteiger partial charge in [-0.3, -0.25) is 0 Å². The fraction of sp³-hybridized carbons (Fsp3) is 0.385. The van der Waals surface area contributed by atoms with Gasteiger partial charge in [0.25, 0.3) is 0 Å². The van der Waals surface area contributed by atoms with Crippen LogP contribution in [-0.2, 0) is 14.3 Å². The number of carbonyl (C=O) groups is 2. The summed E-state index contributed by atoms with van der Waals surface area (Å²) < 4.78 is 10.5. The van der Waals surface area contributed by atoms with Gasteiger partial charge in [0.2, 0.25) is 0 Å². The molecule has 0 fully saturated rings. The van der Waals surface area contributed by atoms with Crippen molar-refractivity contribution in [3.8, 4) is 0 Å². The maximum atomic E-state index is 12.5. The van der Waals surface area contributed by atoms with Gasteiger partial charge in [-0.05, 0) is 0 Å². The number of nitrogens with zero attached hydrogens (tertiary/aromatic N) is 1. The molecule has 2 rings (SSSR count). The van der Waals surface area contributed by atoms with Crippen LogP contribution in [0.1, 0.15) is 6.92 Å². The number of hydrogen-bond acceptors (Lipinski definition) is 5. The Morgan fingerprint density at radius 2 is 2.25 bits per heavy atom. The second kappa shape index (κ2) is 6.43. The van der Waals surface area contributed by atoms with Gasteiger partial charge >= 0.3 is 117 Å². The summed E-state index contributed by atoms with van der Waals surface area (Å²) in [6.45, 7) is 1.84. The summed E-state index contributed by atoms with van der Waals surface area (Å²) in [5.41, 5.74) is 1.49. The number of ketones is 1. The van der Waals surface area contributed by atoms with Crippen LogP contribution in [0.25, 0.3) is 0 Å². The SMILES string of the molecule is CC(=O)CN1C(=O)[C@@H](NCB=O)CNc2ccccc21. The van der Waals surface area contributed by atoms with E-state index < -0.39 is 6.04 Å². The van der Waals surface area contributed by atoms with Gasteiger partial charge in [0.05, 0.1) is 0 Å². The predicted molar refractivity (Wildman–Crippen MR) is 76.2 cm³/mol. The third-order valence-corrected chi connectivity index (χ3v) is 3.08. The number of carbonyl (C=O) groups excluding carboxylic acids is 2. The van der Waals surface area contributed by atoms with Crippen LogP contribution in [0, 0.1) is 0 Å². The minimum atomic E-state index is -0.535. The Labute approximate surface area is 117 Å². The van der Waals surface area contributed by atoms with Gasteiger partial charge in [-0.15, -0.1) is 0 Å². The van der Waals surface area contributed by atoms with Gasteiger partial charge in [-0.25, -0.2) is 0 Å². The van der Waals surface area contributed by atoms with E-state index in [4.69, 9.17) is 0 Å². The van der Waals surface area contributed by atoms with E-state index >= 15 is 0 Å². The van der Waals surface area contributed by atoms with Crippen molar-refractivity contribution in [2.24, 2.45) is 0 Å². The molecule has 0 aromatic heterocycles. The molecular weight excluding hydrogens is 257 g/mol. The fourth-order valence-corrected chi connectivity index (χ4v) is 2.20. The average Bonchev–Trinajstić information content (AvgIpc) is 2.56. The van der Waals surface area contributed by atoms with Crippen LogP contribution < -0.4 is 15.5 Å². The van der Waals surface area contributed by atoms with E-state index in [1.165, 1.54) is 11.8 Å². The summed E-state index contributed by atoms with van der Waals surface area (Å²) in [5, 5.41) is 6.03. The van der Waals surface area contributed by atoms with E-state index in [0.29, 0.717) is 19.4 Å². The number of Topliss-reactive ketones (excluding diaryl/α,β-unsaturated/α-hetero) is 1. The summed E-state index contributed by atoms with van der Waals surface area (Å²) in [4.78, 5) is 25.4. The molecule has 0 aliphatic carbocycles. The zero-order chi connectivity index (χ0) is 14.5. The second-order valence-corrected chi connectivity index (χ2v) is 4.65. The molecule has 20 heavy (non-hydrogen) atoms. The molecule has 1 aromatic rings. The summed E-state index contributed by atoms with van der Waals surface area (Å²) in [6.07, 6.45) is 0.0995. The van der Waals surface area contributed by atoms with Crippen LogP contribution in [0.5, 0.6) is 0 Å². The van der Waals surface area contributed by atoms with Gasteiger partial charge in [0.1, 0.15) is 0 Å². The molecule has 6 nitrogen and oxygen atoms in total. The molecule has 104 valence electrons. The maximum absolute atomic E-state index is 12.5. The van der Waals surface area contributed by atoms with Crippen molar-refractivity contribution >= 4 is 30.2 Å². The zero-order valence-electron chi connectivity index (χ0n) is 11.3. The third kappa shape index (κ3) is 3.11. The molecule has 0 radical (unpaired) electrons. The Bertz CT molecular complexity index is 535. The molecule has 0 unspecified atom stereocenters. The van der Waals surface area contributed by atoms with E-state index in [-0.39, 0.29) is 24.7 Å². The predicted octanol–water partition coefficient (Wildman–Crippen LogP) is -0.000500. The standard InChI is InChI=1S/C13H16BN3O3/c1-9(18)7-17-12-5-3-2-4-10(12)15-6-11(13(17)19)16-8-14-20/h2-5,11,15-16H,6-8H2,1H3/t11-/m0/s1. The van der Waals surface area contributed by atoms with Crippen LogP contribution >= 0.6 is 0 Å². The van der Waals surface area contributed by atoms with Crippen molar-refractivity contribution in [3.63, 3.8) is 0 Å². The normalized spacial score (nSPS) is 17.8. The summed E-state index contributed by atoms with van der Waals surface area (Å²) >= 11 is 0. The minimum absolute atomic E-state index is 0.0246. The first-order chi connectivity index (χ1) is 9.63. The molecule has 1 atom stereocenters.